The molecule has 1 aliphatic rings. The van der Waals surface area contributed by atoms with Crippen LogP contribution >= 0.6 is 11.6 Å². The molecule has 1 aliphatic heterocycles. The summed E-state index contributed by atoms with van der Waals surface area (Å²) in [6.45, 7) is 2.88. The second kappa shape index (κ2) is 5.36. The number of hydrogen-bond donors (Lipinski definition) is 1. The molecule has 2 atom stereocenters. The summed E-state index contributed by atoms with van der Waals surface area (Å²) in [5.74, 6) is 0. The van der Waals surface area contributed by atoms with Crippen LogP contribution in [0.3, 0.4) is 0 Å². The predicted octanol–water partition coefficient (Wildman–Crippen LogP) is 1.62. The summed E-state index contributed by atoms with van der Waals surface area (Å²) >= 11 is 6.13. The fourth-order valence-corrected chi connectivity index (χ4v) is 2.55. The van der Waals surface area contributed by atoms with Crippen LogP contribution < -0.4 is 0 Å². The normalized spacial score (nSPS) is 24.8. The first-order valence-corrected chi connectivity index (χ1v) is 6.28. The summed E-state index contributed by atoms with van der Waals surface area (Å²) in [5.41, 5.74) is 0.821. The lowest BCUT2D eigenvalue weighted by atomic mass is 9.99. The van der Waals surface area contributed by atoms with Gasteiger partial charge in [0.1, 0.15) is 0 Å². The molecule has 1 heterocycles. The van der Waals surface area contributed by atoms with Gasteiger partial charge in [0.05, 0.1) is 12.1 Å². The van der Waals surface area contributed by atoms with Crippen LogP contribution in [0.1, 0.15) is 11.7 Å². The number of halogens is 1. The largest absolute Gasteiger partial charge is 0.387 e. The van der Waals surface area contributed by atoms with E-state index in [2.05, 4.69) is 23.9 Å². The van der Waals surface area contributed by atoms with Crippen molar-refractivity contribution in [2.24, 2.45) is 0 Å². The Labute approximate surface area is 108 Å². The Hall–Kier alpha value is -0.610. The average molecular weight is 255 g/mol. The summed E-state index contributed by atoms with van der Waals surface area (Å²) in [7, 11) is 4.14. The Balaban J connectivity index is 2.18. The molecule has 0 spiro atoms. The van der Waals surface area contributed by atoms with Gasteiger partial charge < -0.3 is 10.0 Å². The van der Waals surface area contributed by atoms with Crippen LogP contribution in [0.4, 0.5) is 0 Å². The van der Waals surface area contributed by atoms with E-state index in [1.165, 1.54) is 0 Å². The van der Waals surface area contributed by atoms with Gasteiger partial charge >= 0.3 is 0 Å². The molecular formula is C13H19ClN2O. The summed E-state index contributed by atoms with van der Waals surface area (Å²) in [6, 6.07) is 7.63. The van der Waals surface area contributed by atoms with E-state index in [9.17, 15) is 5.11 Å². The fraction of sp³-hybridized carbons (Fsp3) is 0.538. The van der Waals surface area contributed by atoms with Crippen molar-refractivity contribution >= 4 is 11.6 Å². The van der Waals surface area contributed by atoms with Crippen LogP contribution in [0.2, 0.25) is 5.02 Å². The van der Waals surface area contributed by atoms with Gasteiger partial charge in [-0.05, 0) is 20.2 Å². The van der Waals surface area contributed by atoms with E-state index >= 15 is 0 Å². The van der Waals surface area contributed by atoms with E-state index in [1.54, 1.807) is 0 Å². The van der Waals surface area contributed by atoms with E-state index in [0.717, 1.165) is 25.2 Å². The number of benzene rings is 1. The molecule has 0 radical (unpaired) electrons. The zero-order valence-electron chi connectivity index (χ0n) is 10.3. The molecule has 0 amide bonds. The Morgan fingerprint density at radius 2 is 2.00 bits per heavy atom. The van der Waals surface area contributed by atoms with Gasteiger partial charge in [0.25, 0.3) is 0 Å². The SMILES string of the molecule is CN1CCN(C)C(C(O)c2ccccc2Cl)C1. The monoisotopic (exact) mass is 254 g/mol. The molecule has 1 aromatic rings. The second-order valence-electron chi connectivity index (χ2n) is 4.78. The zero-order chi connectivity index (χ0) is 12.4. The molecule has 4 heteroatoms. The molecule has 0 aliphatic carbocycles. The third-order valence-electron chi connectivity index (χ3n) is 3.49. The van der Waals surface area contributed by atoms with Crippen LogP contribution in [0.25, 0.3) is 0 Å². The van der Waals surface area contributed by atoms with Crippen molar-refractivity contribution in [2.45, 2.75) is 12.1 Å². The highest BCUT2D eigenvalue weighted by Crippen LogP contribution is 2.28. The Morgan fingerprint density at radius 1 is 1.29 bits per heavy atom. The summed E-state index contributed by atoms with van der Waals surface area (Å²) in [5, 5.41) is 11.1. The van der Waals surface area contributed by atoms with Crippen LogP contribution in [0.5, 0.6) is 0 Å². The molecule has 3 nitrogen and oxygen atoms in total. The number of hydrogen-bond acceptors (Lipinski definition) is 3. The number of rotatable bonds is 2. The third kappa shape index (κ3) is 2.80. The first-order chi connectivity index (χ1) is 8.09. The molecule has 1 aromatic carbocycles. The molecule has 1 saturated heterocycles. The van der Waals surface area contributed by atoms with Crippen molar-refractivity contribution in [1.29, 1.82) is 0 Å². The number of aliphatic hydroxyl groups excluding tert-OH is 1. The molecule has 0 saturated carbocycles. The highest BCUT2D eigenvalue weighted by atomic mass is 35.5. The molecule has 2 unspecified atom stereocenters. The smallest absolute Gasteiger partial charge is 0.0971 e. The maximum atomic E-state index is 10.5. The van der Waals surface area contributed by atoms with E-state index in [4.69, 9.17) is 11.6 Å². The van der Waals surface area contributed by atoms with Crippen LogP contribution in [-0.4, -0.2) is 54.7 Å². The standard InChI is InChI=1S/C13H19ClN2O/c1-15-7-8-16(2)12(9-15)13(17)10-5-3-4-6-11(10)14/h3-6,12-13,17H,7-9H2,1-2H3. The van der Waals surface area contributed by atoms with Gasteiger partial charge in [0, 0.05) is 30.2 Å². The van der Waals surface area contributed by atoms with Crippen molar-refractivity contribution in [3.05, 3.63) is 34.9 Å². The minimum atomic E-state index is -0.531. The van der Waals surface area contributed by atoms with E-state index in [1.807, 2.05) is 24.3 Å². The lowest BCUT2D eigenvalue weighted by molar-refractivity contribution is 0.0139. The summed E-state index contributed by atoms with van der Waals surface area (Å²) < 4.78 is 0. The minimum Gasteiger partial charge on any atom is -0.387 e. The van der Waals surface area contributed by atoms with Crippen LogP contribution in [0, 0.1) is 0 Å². The van der Waals surface area contributed by atoms with Crippen LogP contribution in [0.15, 0.2) is 24.3 Å². The maximum Gasteiger partial charge on any atom is 0.0971 e. The molecule has 1 N–H and O–H groups in total. The third-order valence-corrected chi connectivity index (χ3v) is 3.83. The Morgan fingerprint density at radius 3 is 2.71 bits per heavy atom. The number of nitrogens with zero attached hydrogens (tertiary/aromatic N) is 2. The minimum absolute atomic E-state index is 0.105. The van der Waals surface area contributed by atoms with Gasteiger partial charge in [-0.3, -0.25) is 4.90 Å². The molecular weight excluding hydrogens is 236 g/mol. The highest BCUT2D eigenvalue weighted by Gasteiger charge is 2.30. The van der Waals surface area contributed by atoms with Gasteiger partial charge in [0.2, 0.25) is 0 Å². The molecule has 2 rings (SSSR count). The average Bonchev–Trinajstić information content (AvgIpc) is 2.32. The van der Waals surface area contributed by atoms with Crippen molar-refractivity contribution in [3.63, 3.8) is 0 Å². The summed E-state index contributed by atoms with van der Waals surface area (Å²) in [4.78, 5) is 4.44. The topological polar surface area (TPSA) is 26.7 Å². The molecule has 0 bridgehead atoms. The first-order valence-electron chi connectivity index (χ1n) is 5.91. The first kappa shape index (κ1) is 12.8. The van der Waals surface area contributed by atoms with Gasteiger partial charge in [-0.15, -0.1) is 0 Å². The second-order valence-corrected chi connectivity index (χ2v) is 5.18. The van der Waals surface area contributed by atoms with E-state index in [-0.39, 0.29) is 6.04 Å². The number of piperazine rings is 1. The van der Waals surface area contributed by atoms with E-state index < -0.39 is 6.10 Å². The predicted molar refractivity (Wildman–Crippen MR) is 70.3 cm³/mol. The lowest BCUT2D eigenvalue weighted by Crippen LogP contribution is -2.52. The zero-order valence-corrected chi connectivity index (χ0v) is 11.1. The van der Waals surface area contributed by atoms with Gasteiger partial charge in [-0.2, -0.15) is 0 Å². The van der Waals surface area contributed by atoms with Gasteiger partial charge in [-0.1, -0.05) is 29.8 Å². The van der Waals surface area contributed by atoms with Crippen molar-refractivity contribution in [3.8, 4) is 0 Å². The van der Waals surface area contributed by atoms with Crippen molar-refractivity contribution in [1.82, 2.24) is 9.80 Å². The molecule has 17 heavy (non-hydrogen) atoms. The molecule has 1 fully saturated rings. The number of likely N-dealkylation sites (N-methyl/N-ethyl adjacent to an activating group) is 2. The molecule has 94 valence electrons. The Bertz CT molecular complexity index is 385. The maximum absolute atomic E-state index is 10.5. The van der Waals surface area contributed by atoms with Crippen molar-refractivity contribution in [2.75, 3.05) is 33.7 Å². The van der Waals surface area contributed by atoms with E-state index in [0.29, 0.717) is 5.02 Å². The van der Waals surface area contributed by atoms with Crippen molar-refractivity contribution < 1.29 is 5.11 Å². The summed E-state index contributed by atoms with van der Waals surface area (Å²) in [6.07, 6.45) is -0.531. The number of aliphatic hydroxyl groups is 1. The van der Waals surface area contributed by atoms with Gasteiger partial charge in [-0.25, -0.2) is 0 Å². The quantitative estimate of drug-likeness (QED) is 0.869. The lowest BCUT2D eigenvalue weighted by Gasteiger charge is -2.40. The van der Waals surface area contributed by atoms with Gasteiger partial charge in [0.15, 0.2) is 0 Å². The van der Waals surface area contributed by atoms with Crippen LogP contribution in [-0.2, 0) is 0 Å². The highest BCUT2D eigenvalue weighted by molar-refractivity contribution is 6.31. The Kier molecular flexibility index (Phi) is 4.05. The fourth-order valence-electron chi connectivity index (χ4n) is 2.31. The molecule has 0 aromatic heterocycles.